The summed E-state index contributed by atoms with van der Waals surface area (Å²) in [5.41, 5.74) is 10.4. The number of hydrogen-bond donors (Lipinski definition) is 0. The summed E-state index contributed by atoms with van der Waals surface area (Å²) in [6.45, 7) is 31.3. The van der Waals surface area contributed by atoms with Crippen LogP contribution in [-0.4, -0.2) is 58.2 Å². The van der Waals surface area contributed by atoms with Gasteiger partial charge in [0.25, 0.3) is 0 Å². The first-order chi connectivity index (χ1) is 40.2. The Balaban J connectivity index is 1.44. The molecular formula is C74H90N2O8S2. The number of benzene rings is 8. The van der Waals surface area contributed by atoms with Crippen LogP contribution in [0, 0.1) is 0 Å². The molecule has 0 heterocycles. The highest BCUT2D eigenvalue weighted by Crippen LogP contribution is 2.46. The van der Waals surface area contributed by atoms with Gasteiger partial charge in [-0.15, -0.1) is 0 Å². The van der Waals surface area contributed by atoms with Crippen LogP contribution in [-0.2, 0) is 67.6 Å². The first-order valence-electron chi connectivity index (χ1n) is 30.4. The summed E-state index contributed by atoms with van der Waals surface area (Å²) in [6.07, 6.45) is 2.43. The molecule has 8 aromatic carbocycles. The molecule has 12 heteroatoms. The maximum Gasteiger partial charge on any atom is 0.339 e. The molecule has 0 N–H and O–H groups in total. The van der Waals surface area contributed by atoms with Crippen molar-refractivity contribution in [1.82, 2.24) is 0 Å². The van der Waals surface area contributed by atoms with Crippen molar-refractivity contribution in [2.45, 2.75) is 167 Å². The molecule has 0 aromatic heterocycles. The Morgan fingerprint density at radius 3 is 0.849 bits per heavy atom. The summed E-state index contributed by atoms with van der Waals surface area (Å²) >= 11 is 0. The standard InChI is InChI=1S/C74H90N2O8S2/c1-19-33-81-67-47-35-48-40-56(72(6,7)8)42-50(68(48)82-34-20-2)37-52-44-58(74(12,13)14)46-54(70(52)84-86(79,80)66-32-24-26-60-62(66)28-22-30-64(60)76(17)18)38-53-45-57(73(9,10)11)43-51(36-49(67)41-55(39-47)71(3,4)5)69(53)83-85(77,78)65-31-23-25-59-61(65)27-21-29-63(59)75(15)16/h21-32,39-46H,19-20,33-38H2,1-18H3. The predicted octanol–water partition coefficient (Wildman–Crippen LogP) is 17.1. The first kappa shape index (κ1) is 63.5. The summed E-state index contributed by atoms with van der Waals surface area (Å²) in [4.78, 5) is 3.99. The van der Waals surface area contributed by atoms with Crippen molar-refractivity contribution >= 4 is 53.2 Å². The fourth-order valence-electron chi connectivity index (χ4n) is 11.7. The lowest BCUT2D eigenvalue weighted by atomic mass is 9.79. The number of ether oxygens (including phenoxy) is 2. The molecule has 0 amide bonds. The van der Waals surface area contributed by atoms with Gasteiger partial charge in [-0.2, -0.15) is 16.8 Å². The second kappa shape index (κ2) is 23.9. The molecule has 0 atom stereocenters. The molecule has 8 bridgehead atoms. The summed E-state index contributed by atoms with van der Waals surface area (Å²) < 4.78 is 90.7. The molecule has 10 nitrogen and oxygen atoms in total. The van der Waals surface area contributed by atoms with Gasteiger partial charge in [-0.05, 0) is 103 Å². The molecule has 0 saturated heterocycles. The van der Waals surface area contributed by atoms with Crippen LogP contribution in [0.15, 0.2) is 131 Å². The SMILES string of the molecule is CCCOc1c2cc(C(C)(C)C)cc1Cc1cc(C(C)(C)C)cc(c1OS(=O)(=O)c1cccc3c(N(C)C)cccc13)Cc1cc(C(C)(C)C)cc(c1OS(=O)(=O)c1cccc3c(N(C)C)cccc13)Cc1cc(C(C)(C)C)cc(c1OCCC)C2. The highest BCUT2D eigenvalue weighted by Gasteiger charge is 2.33. The van der Waals surface area contributed by atoms with E-state index >= 15 is 16.8 Å². The molecule has 0 unspecified atom stereocenters. The van der Waals surface area contributed by atoms with E-state index in [4.69, 9.17) is 17.8 Å². The smallest absolute Gasteiger partial charge is 0.339 e. The second-order valence-corrected chi connectivity index (χ2v) is 31.0. The van der Waals surface area contributed by atoms with E-state index in [0.717, 1.165) is 91.0 Å². The molecule has 0 aliphatic heterocycles. The third-order valence-electron chi connectivity index (χ3n) is 16.5. The fraction of sp³-hybridized carbons (Fsp3) is 0.405. The summed E-state index contributed by atoms with van der Waals surface area (Å²) in [6, 6.07) is 39.2. The van der Waals surface area contributed by atoms with E-state index in [-0.39, 0.29) is 51.4 Å². The van der Waals surface area contributed by atoms with Crippen LogP contribution in [0.5, 0.6) is 23.0 Å². The minimum Gasteiger partial charge on any atom is -0.493 e. The van der Waals surface area contributed by atoms with E-state index in [9.17, 15) is 0 Å². The van der Waals surface area contributed by atoms with Gasteiger partial charge in [0, 0.05) is 109 Å². The molecule has 0 radical (unpaired) electrons. The van der Waals surface area contributed by atoms with Crippen molar-refractivity contribution in [2.24, 2.45) is 0 Å². The molecule has 1 aliphatic rings. The lowest BCUT2D eigenvalue weighted by Crippen LogP contribution is -2.19. The van der Waals surface area contributed by atoms with Crippen molar-refractivity contribution < 1.29 is 34.7 Å². The fourth-order valence-corrected chi connectivity index (χ4v) is 14.1. The first-order valence-corrected chi connectivity index (χ1v) is 33.2. The largest absolute Gasteiger partial charge is 0.493 e. The minimum absolute atomic E-state index is 0.0170. The summed E-state index contributed by atoms with van der Waals surface area (Å²) in [7, 11) is -1.50. The Morgan fingerprint density at radius 2 is 0.605 bits per heavy atom. The third-order valence-corrected chi connectivity index (χ3v) is 19.0. The monoisotopic (exact) mass is 1200 g/mol. The van der Waals surface area contributed by atoms with E-state index in [1.54, 1.807) is 24.3 Å². The Bertz CT molecular complexity index is 3850. The van der Waals surface area contributed by atoms with Crippen LogP contribution in [0.1, 0.15) is 177 Å². The number of nitrogens with zero attached hydrogens (tertiary/aromatic N) is 2. The van der Waals surface area contributed by atoms with E-state index in [1.807, 2.05) is 98.7 Å². The van der Waals surface area contributed by atoms with E-state index in [0.29, 0.717) is 52.7 Å². The van der Waals surface area contributed by atoms with Gasteiger partial charge in [-0.1, -0.05) is 194 Å². The number of fused-ring (bicyclic) bond motifs is 10. The van der Waals surface area contributed by atoms with E-state index in [2.05, 4.69) is 133 Å². The highest BCUT2D eigenvalue weighted by atomic mass is 32.2. The van der Waals surface area contributed by atoms with Gasteiger partial charge in [-0.3, -0.25) is 0 Å². The van der Waals surface area contributed by atoms with Crippen LogP contribution in [0.2, 0.25) is 0 Å². The quantitative estimate of drug-likeness (QED) is 0.0976. The molecule has 456 valence electrons. The van der Waals surface area contributed by atoms with Crippen LogP contribution in [0.4, 0.5) is 11.4 Å². The Hall–Kier alpha value is -7.02. The van der Waals surface area contributed by atoms with Crippen LogP contribution in [0.3, 0.4) is 0 Å². The molecule has 8 aromatic rings. The number of rotatable bonds is 14. The topological polar surface area (TPSA) is 112 Å². The molecular weight excluding hydrogens is 1110 g/mol. The van der Waals surface area contributed by atoms with Crippen LogP contribution in [0.25, 0.3) is 21.5 Å². The zero-order chi connectivity index (χ0) is 62.6. The Kier molecular flexibility index (Phi) is 17.7. The number of hydrogen-bond acceptors (Lipinski definition) is 10. The van der Waals surface area contributed by atoms with Crippen molar-refractivity contribution in [3.8, 4) is 23.0 Å². The average molecular weight is 1200 g/mol. The van der Waals surface area contributed by atoms with Crippen LogP contribution < -0.4 is 27.6 Å². The van der Waals surface area contributed by atoms with Gasteiger partial charge in [0.2, 0.25) is 0 Å². The summed E-state index contributed by atoms with van der Waals surface area (Å²) in [5.74, 6) is 1.80. The molecule has 0 fully saturated rings. The molecule has 0 spiro atoms. The van der Waals surface area contributed by atoms with Crippen molar-refractivity contribution in [3.05, 3.63) is 188 Å². The van der Waals surface area contributed by atoms with E-state index < -0.39 is 31.1 Å². The normalized spacial score (nSPS) is 13.4. The average Bonchev–Trinajstić information content (AvgIpc) is 0.942. The predicted molar refractivity (Wildman–Crippen MR) is 356 cm³/mol. The molecule has 9 rings (SSSR count). The van der Waals surface area contributed by atoms with Crippen molar-refractivity contribution in [2.75, 3.05) is 51.2 Å². The molecule has 86 heavy (non-hydrogen) atoms. The highest BCUT2D eigenvalue weighted by molar-refractivity contribution is 7.87. The lowest BCUT2D eigenvalue weighted by molar-refractivity contribution is 0.308. The van der Waals surface area contributed by atoms with Crippen molar-refractivity contribution in [1.29, 1.82) is 0 Å². The van der Waals surface area contributed by atoms with Gasteiger partial charge in [0.1, 0.15) is 32.8 Å². The second-order valence-electron chi connectivity index (χ2n) is 28.0. The van der Waals surface area contributed by atoms with Gasteiger partial charge in [-0.25, -0.2) is 0 Å². The van der Waals surface area contributed by atoms with E-state index in [1.165, 1.54) is 0 Å². The Labute approximate surface area is 514 Å². The minimum atomic E-state index is -4.63. The molecule has 0 saturated carbocycles. The van der Waals surface area contributed by atoms with Gasteiger partial charge in [0.15, 0.2) is 0 Å². The molecule has 1 aliphatic carbocycles. The summed E-state index contributed by atoms with van der Waals surface area (Å²) in [5, 5.41) is 2.57. The van der Waals surface area contributed by atoms with Crippen LogP contribution >= 0.6 is 0 Å². The van der Waals surface area contributed by atoms with Gasteiger partial charge >= 0.3 is 20.2 Å². The third kappa shape index (κ3) is 13.3. The van der Waals surface area contributed by atoms with Gasteiger partial charge < -0.3 is 27.6 Å². The van der Waals surface area contributed by atoms with Gasteiger partial charge in [0.05, 0.1) is 13.2 Å². The zero-order valence-electron chi connectivity index (χ0n) is 54.2. The maximum atomic E-state index is 15.7. The Morgan fingerprint density at radius 1 is 0.360 bits per heavy atom. The maximum absolute atomic E-state index is 15.7. The zero-order valence-corrected chi connectivity index (χ0v) is 55.8. The number of anilines is 2. The lowest BCUT2D eigenvalue weighted by Gasteiger charge is -2.29. The van der Waals surface area contributed by atoms with Crippen molar-refractivity contribution in [3.63, 3.8) is 0 Å².